The molecule has 4 heteroatoms. The van der Waals surface area contributed by atoms with Crippen molar-refractivity contribution in [2.24, 2.45) is 0 Å². The smallest absolute Gasteiger partial charge is 0.223 e. The molecule has 0 spiro atoms. The number of benzene rings is 1. The molecule has 0 aliphatic heterocycles. The predicted molar refractivity (Wildman–Crippen MR) is 76.3 cm³/mol. The second-order valence-corrected chi connectivity index (χ2v) is 5.09. The van der Waals surface area contributed by atoms with Crippen LogP contribution in [0.25, 0.3) is 22.4 Å². The lowest BCUT2D eigenvalue weighted by atomic mass is 10.0. The molecule has 2 heterocycles. The van der Waals surface area contributed by atoms with Gasteiger partial charge in [-0.25, -0.2) is 9.97 Å². The lowest BCUT2D eigenvalue weighted by Crippen LogP contribution is -1.91. The Morgan fingerprint density at radius 1 is 1.05 bits per heavy atom. The summed E-state index contributed by atoms with van der Waals surface area (Å²) < 4.78 is 5.45. The van der Waals surface area contributed by atoms with Gasteiger partial charge in [0, 0.05) is 11.6 Å². The van der Waals surface area contributed by atoms with Gasteiger partial charge in [0.2, 0.25) is 5.28 Å². The number of nitrogens with zero attached hydrogens (tertiary/aromatic N) is 2. The van der Waals surface area contributed by atoms with Crippen molar-refractivity contribution < 1.29 is 4.42 Å². The molecule has 0 amide bonds. The van der Waals surface area contributed by atoms with Gasteiger partial charge in [-0.05, 0) is 23.1 Å². The van der Waals surface area contributed by atoms with Crippen LogP contribution in [0.5, 0.6) is 0 Å². The van der Waals surface area contributed by atoms with Crippen LogP contribution in [0, 0.1) is 0 Å². The van der Waals surface area contributed by atoms with Crippen LogP contribution in [-0.4, -0.2) is 9.97 Å². The summed E-state index contributed by atoms with van der Waals surface area (Å²) in [5, 5.41) is 0.233. The van der Waals surface area contributed by atoms with Crippen molar-refractivity contribution in [3.8, 4) is 11.3 Å². The maximum atomic E-state index is 5.95. The lowest BCUT2D eigenvalue weighted by Gasteiger charge is -2.07. The van der Waals surface area contributed by atoms with Crippen LogP contribution in [0.1, 0.15) is 25.3 Å². The Morgan fingerprint density at radius 3 is 2.47 bits per heavy atom. The predicted octanol–water partition coefficient (Wildman–Crippen LogP) is 4.67. The standard InChI is InChI=1S/C15H13ClN2O/c1-9(2)10-3-5-11(6-4-10)13-14-12(7-8-19-14)17-15(16)18-13/h3-9H,1-2H3. The van der Waals surface area contributed by atoms with Crippen molar-refractivity contribution in [2.75, 3.05) is 0 Å². The van der Waals surface area contributed by atoms with Gasteiger partial charge in [0.1, 0.15) is 11.2 Å². The zero-order chi connectivity index (χ0) is 13.4. The van der Waals surface area contributed by atoms with Crippen molar-refractivity contribution in [3.05, 3.63) is 47.4 Å². The molecule has 3 rings (SSSR count). The molecule has 0 saturated heterocycles. The third kappa shape index (κ3) is 2.22. The van der Waals surface area contributed by atoms with E-state index in [9.17, 15) is 0 Å². The van der Waals surface area contributed by atoms with Gasteiger partial charge >= 0.3 is 0 Å². The summed E-state index contributed by atoms with van der Waals surface area (Å²) in [4.78, 5) is 8.41. The molecule has 0 radical (unpaired) electrons. The Morgan fingerprint density at radius 2 is 1.79 bits per heavy atom. The van der Waals surface area contributed by atoms with E-state index in [-0.39, 0.29) is 5.28 Å². The van der Waals surface area contributed by atoms with Crippen molar-refractivity contribution in [3.63, 3.8) is 0 Å². The Hall–Kier alpha value is -1.87. The van der Waals surface area contributed by atoms with Gasteiger partial charge in [-0.15, -0.1) is 0 Å². The van der Waals surface area contributed by atoms with E-state index in [1.165, 1.54) is 5.56 Å². The minimum atomic E-state index is 0.233. The van der Waals surface area contributed by atoms with Gasteiger partial charge in [0.05, 0.1) is 6.26 Å². The molecular weight excluding hydrogens is 260 g/mol. The molecular formula is C15H13ClN2O. The van der Waals surface area contributed by atoms with Crippen molar-refractivity contribution in [2.45, 2.75) is 19.8 Å². The summed E-state index contributed by atoms with van der Waals surface area (Å²) in [7, 11) is 0. The van der Waals surface area contributed by atoms with Gasteiger partial charge in [-0.3, -0.25) is 0 Å². The highest BCUT2D eigenvalue weighted by molar-refractivity contribution is 6.28. The van der Waals surface area contributed by atoms with E-state index in [4.69, 9.17) is 16.0 Å². The third-order valence-corrected chi connectivity index (χ3v) is 3.30. The van der Waals surface area contributed by atoms with Gasteiger partial charge < -0.3 is 4.42 Å². The quantitative estimate of drug-likeness (QED) is 0.637. The van der Waals surface area contributed by atoms with E-state index >= 15 is 0 Å². The number of fused-ring (bicyclic) bond motifs is 1. The Balaban J connectivity index is 2.15. The molecule has 0 fully saturated rings. The highest BCUT2D eigenvalue weighted by Crippen LogP contribution is 2.29. The van der Waals surface area contributed by atoms with Crippen LogP contribution in [0.2, 0.25) is 5.28 Å². The van der Waals surface area contributed by atoms with Crippen LogP contribution < -0.4 is 0 Å². The monoisotopic (exact) mass is 272 g/mol. The SMILES string of the molecule is CC(C)c1ccc(-c2nc(Cl)nc3ccoc23)cc1. The average molecular weight is 273 g/mol. The van der Waals surface area contributed by atoms with E-state index in [0.717, 1.165) is 16.8 Å². The largest absolute Gasteiger partial charge is 0.460 e. The number of hydrogen-bond acceptors (Lipinski definition) is 3. The first-order valence-electron chi connectivity index (χ1n) is 6.16. The average Bonchev–Trinajstić information content (AvgIpc) is 2.85. The molecule has 1 aromatic carbocycles. The fourth-order valence-corrected chi connectivity index (χ4v) is 2.23. The fraction of sp³-hybridized carbons (Fsp3) is 0.200. The number of hydrogen-bond donors (Lipinski definition) is 0. The van der Waals surface area contributed by atoms with E-state index in [1.807, 2.05) is 12.1 Å². The number of halogens is 1. The zero-order valence-corrected chi connectivity index (χ0v) is 11.5. The van der Waals surface area contributed by atoms with Crippen LogP contribution in [0.3, 0.4) is 0 Å². The van der Waals surface area contributed by atoms with Crippen molar-refractivity contribution >= 4 is 22.7 Å². The lowest BCUT2D eigenvalue weighted by molar-refractivity contribution is 0.615. The summed E-state index contributed by atoms with van der Waals surface area (Å²) in [5.74, 6) is 0.506. The summed E-state index contributed by atoms with van der Waals surface area (Å²) in [5.41, 5.74) is 4.40. The minimum absolute atomic E-state index is 0.233. The van der Waals surface area contributed by atoms with Crippen LogP contribution in [0.4, 0.5) is 0 Å². The zero-order valence-electron chi connectivity index (χ0n) is 10.7. The molecule has 2 aromatic heterocycles. The first-order valence-corrected chi connectivity index (χ1v) is 6.54. The molecule has 0 saturated carbocycles. The summed E-state index contributed by atoms with van der Waals surface area (Å²) in [6.07, 6.45) is 1.60. The first-order chi connectivity index (χ1) is 9.15. The maximum absolute atomic E-state index is 5.95. The van der Waals surface area contributed by atoms with Crippen LogP contribution in [-0.2, 0) is 0 Å². The highest BCUT2D eigenvalue weighted by Gasteiger charge is 2.12. The van der Waals surface area contributed by atoms with Gasteiger partial charge in [-0.2, -0.15) is 0 Å². The second-order valence-electron chi connectivity index (χ2n) is 4.75. The summed E-state index contributed by atoms with van der Waals surface area (Å²) >= 11 is 5.95. The molecule has 0 aliphatic rings. The Bertz CT molecular complexity index is 717. The highest BCUT2D eigenvalue weighted by atomic mass is 35.5. The molecule has 3 nitrogen and oxygen atoms in total. The summed E-state index contributed by atoms with van der Waals surface area (Å²) in [6, 6.07) is 10.1. The number of rotatable bonds is 2. The molecule has 96 valence electrons. The normalized spacial score (nSPS) is 11.4. The molecule has 0 unspecified atom stereocenters. The van der Waals surface area contributed by atoms with E-state index < -0.39 is 0 Å². The molecule has 3 aromatic rings. The van der Waals surface area contributed by atoms with Crippen molar-refractivity contribution in [1.29, 1.82) is 0 Å². The number of aromatic nitrogens is 2. The molecule has 0 N–H and O–H groups in total. The van der Waals surface area contributed by atoms with Crippen molar-refractivity contribution in [1.82, 2.24) is 9.97 Å². The molecule has 19 heavy (non-hydrogen) atoms. The minimum Gasteiger partial charge on any atom is -0.460 e. The van der Waals surface area contributed by atoms with E-state index in [2.05, 4.69) is 35.9 Å². The van der Waals surface area contributed by atoms with Gasteiger partial charge in [0.25, 0.3) is 0 Å². The van der Waals surface area contributed by atoms with Crippen LogP contribution in [0.15, 0.2) is 41.0 Å². The van der Waals surface area contributed by atoms with E-state index in [1.54, 1.807) is 12.3 Å². The first kappa shape index (κ1) is 12.2. The Kier molecular flexibility index (Phi) is 2.99. The molecule has 0 aliphatic carbocycles. The van der Waals surface area contributed by atoms with Gasteiger partial charge in [-0.1, -0.05) is 38.1 Å². The van der Waals surface area contributed by atoms with Gasteiger partial charge in [0.15, 0.2) is 5.58 Å². The molecule has 0 atom stereocenters. The fourth-order valence-electron chi connectivity index (χ4n) is 2.06. The number of furan rings is 1. The summed E-state index contributed by atoms with van der Waals surface area (Å²) in [6.45, 7) is 4.34. The third-order valence-electron chi connectivity index (χ3n) is 3.13. The molecule has 0 bridgehead atoms. The topological polar surface area (TPSA) is 38.9 Å². The second kappa shape index (κ2) is 4.67. The van der Waals surface area contributed by atoms with E-state index in [0.29, 0.717) is 11.5 Å². The maximum Gasteiger partial charge on any atom is 0.223 e. The Labute approximate surface area is 116 Å². The van der Waals surface area contributed by atoms with Crippen LogP contribution >= 0.6 is 11.6 Å².